The number of rotatable bonds is 57. The number of esters is 3. The van der Waals surface area contributed by atoms with Crippen molar-refractivity contribution in [2.24, 2.45) is 0 Å². The van der Waals surface area contributed by atoms with Gasteiger partial charge in [0, 0.05) is 19.3 Å². The van der Waals surface area contributed by atoms with Crippen molar-refractivity contribution in [3.8, 4) is 0 Å². The molecule has 0 saturated heterocycles. The number of allylic oxidation sites excluding steroid dienone is 14. The van der Waals surface area contributed by atoms with E-state index in [0.29, 0.717) is 19.3 Å². The molecule has 0 rings (SSSR count). The van der Waals surface area contributed by atoms with Crippen LogP contribution in [0, 0.1) is 0 Å². The van der Waals surface area contributed by atoms with Gasteiger partial charge >= 0.3 is 17.9 Å². The van der Waals surface area contributed by atoms with Crippen LogP contribution >= 0.6 is 0 Å². The van der Waals surface area contributed by atoms with E-state index in [4.69, 9.17) is 14.2 Å². The molecule has 0 amide bonds. The molecule has 0 aromatic carbocycles. The van der Waals surface area contributed by atoms with Gasteiger partial charge in [0.1, 0.15) is 13.2 Å². The summed E-state index contributed by atoms with van der Waals surface area (Å²) >= 11 is 0. The lowest BCUT2D eigenvalue weighted by Crippen LogP contribution is -2.30. The third kappa shape index (κ3) is 59.5. The molecule has 0 bridgehead atoms. The first kappa shape index (κ1) is 70.6. The molecular formula is C68H118O6. The molecule has 1 unspecified atom stereocenters. The highest BCUT2D eigenvalue weighted by Gasteiger charge is 2.19. The van der Waals surface area contributed by atoms with E-state index in [1.165, 1.54) is 161 Å². The van der Waals surface area contributed by atoms with Crippen LogP contribution in [0.5, 0.6) is 0 Å². The summed E-state index contributed by atoms with van der Waals surface area (Å²) in [5.74, 6) is -0.883. The van der Waals surface area contributed by atoms with Crippen LogP contribution in [0.15, 0.2) is 85.1 Å². The van der Waals surface area contributed by atoms with Crippen LogP contribution in [0.4, 0.5) is 0 Å². The molecule has 1 atom stereocenters. The molecule has 0 aliphatic heterocycles. The molecule has 0 aliphatic rings. The summed E-state index contributed by atoms with van der Waals surface area (Å²) in [6, 6.07) is 0. The molecule has 0 aromatic heterocycles. The van der Waals surface area contributed by atoms with Crippen LogP contribution in [-0.4, -0.2) is 37.2 Å². The summed E-state index contributed by atoms with van der Waals surface area (Å²) in [5.41, 5.74) is 0. The van der Waals surface area contributed by atoms with Gasteiger partial charge < -0.3 is 14.2 Å². The Labute approximate surface area is 458 Å². The summed E-state index contributed by atoms with van der Waals surface area (Å²) in [4.78, 5) is 38.3. The summed E-state index contributed by atoms with van der Waals surface area (Å²) in [6.45, 7) is 6.53. The summed E-state index contributed by atoms with van der Waals surface area (Å²) in [5, 5.41) is 0. The minimum Gasteiger partial charge on any atom is -0.462 e. The van der Waals surface area contributed by atoms with Crippen molar-refractivity contribution in [3.63, 3.8) is 0 Å². The number of carbonyl (C=O) groups excluding carboxylic acids is 3. The lowest BCUT2D eigenvalue weighted by molar-refractivity contribution is -0.167. The Kier molecular flexibility index (Phi) is 59.3. The first-order valence-corrected chi connectivity index (χ1v) is 31.6. The van der Waals surface area contributed by atoms with Crippen LogP contribution < -0.4 is 0 Å². The quantitative estimate of drug-likeness (QED) is 0.0261. The van der Waals surface area contributed by atoms with Crippen molar-refractivity contribution >= 4 is 17.9 Å². The van der Waals surface area contributed by atoms with E-state index in [9.17, 15) is 14.4 Å². The largest absolute Gasteiger partial charge is 0.462 e. The maximum Gasteiger partial charge on any atom is 0.306 e. The zero-order valence-electron chi connectivity index (χ0n) is 48.8. The van der Waals surface area contributed by atoms with E-state index >= 15 is 0 Å². The van der Waals surface area contributed by atoms with Crippen molar-refractivity contribution < 1.29 is 28.6 Å². The van der Waals surface area contributed by atoms with Crippen LogP contribution in [0.2, 0.25) is 0 Å². The second-order valence-electron chi connectivity index (χ2n) is 20.9. The maximum absolute atomic E-state index is 12.9. The zero-order chi connectivity index (χ0) is 53.6. The monoisotopic (exact) mass is 1030 g/mol. The Morgan fingerprint density at radius 3 is 0.838 bits per heavy atom. The molecule has 0 saturated carbocycles. The third-order valence-electron chi connectivity index (χ3n) is 13.6. The highest BCUT2D eigenvalue weighted by Crippen LogP contribution is 2.16. The minimum absolute atomic E-state index is 0.0803. The lowest BCUT2D eigenvalue weighted by atomic mass is 10.0. The zero-order valence-corrected chi connectivity index (χ0v) is 48.8. The average molecular weight is 1030 g/mol. The van der Waals surface area contributed by atoms with Crippen molar-refractivity contribution in [2.45, 2.75) is 316 Å². The van der Waals surface area contributed by atoms with Crippen LogP contribution in [0.1, 0.15) is 310 Å². The smallest absolute Gasteiger partial charge is 0.306 e. The normalized spacial score (nSPS) is 12.6. The second kappa shape index (κ2) is 62.1. The number of carbonyl (C=O) groups is 3. The van der Waals surface area contributed by atoms with Gasteiger partial charge in [-0.1, -0.05) is 279 Å². The molecule has 0 fully saturated rings. The van der Waals surface area contributed by atoms with Crippen molar-refractivity contribution in [1.29, 1.82) is 0 Å². The molecule has 0 aromatic rings. The molecule has 0 spiro atoms. The summed E-state index contributed by atoms with van der Waals surface area (Å²) in [7, 11) is 0. The standard InChI is InChI=1S/C68H118O6/c1-4-7-10-13-16-19-22-25-28-29-30-31-32-33-34-35-36-37-38-39-41-43-46-49-52-55-58-61-67(70)73-64-65(63-72-66(69)60-57-54-51-48-45-42-27-24-21-18-15-12-9-6-3)74-68(71)62-59-56-53-50-47-44-40-26-23-20-17-14-11-8-5-2/h7,10,16,19,24-25,27-28,30-31,33-34,36-37,65H,4-6,8-9,11-15,17-18,20-23,26,29,32,35,38-64H2,1-3H3/b10-7-,19-16-,27-24-,28-25-,31-30-,34-33-,37-36-. The fourth-order valence-electron chi connectivity index (χ4n) is 8.91. The molecule has 6 heteroatoms. The first-order valence-electron chi connectivity index (χ1n) is 31.6. The average Bonchev–Trinajstić information content (AvgIpc) is 3.40. The van der Waals surface area contributed by atoms with E-state index < -0.39 is 6.10 Å². The Hall–Kier alpha value is -3.41. The molecule has 0 N–H and O–H groups in total. The predicted molar refractivity (Wildman–Crippen MR) is 321 cm³/mol. The first-order chi connectivity index (χ1) is 36.5. The third-order valence-corrected chi connectivity index (χ3v) is 13.6. The molecule has 74 heavy (non-hydrogen) atoms. The predicted octanol–water partition coefficient (Wildman–Crippen LogP) is 21.5. The van der Waals surface area contributed by atoms with E-state index in [1.807, 2.05) is 0 Å². The second-order valence-corrected chi connectivity index (χ2v) is 20.9. The van der Waals surface area contributed by atoms with Crippen molar-refractivity contribution in [1.82, 2.24) is 0 Å². The molecule has 0 aliphatic carbocycles. The van der Waals surface area contributed by atoms with Crippen molar-refractivity contribution in [3.05, 3.63) is 85.1 Å². The Bertz CT molecular complexity index is 1420. The van der Waals surface area contributed by atoms with Gasteiger partial charge in [0.15, 0.2) is 6.10 Å². The van der Waals surface area contributed by atoms with Crippen LogP contribution in [0.3, 0.4) is 0 Å². The van der Waals surface area contributed by atoms with Gasteiger partial charge in [0.05, 0.1) is 0 Å². The minimum atomic E-state index is -0.782. The van der Waals surface area contributed by atoms with Crippen LogP contribution in [0.25, 0.3) is 0 Å². The Balaban J connectivity index is 4.31. The van der Waals surface area contributed by atoms with Gasteiger partial charge in [-0.15, -0.1) is 0 Å². The van der Waals surface area contributed by atoms with Gasteiger partial charge in [-0.05, 0) is 96.3 Å². The van der Waals surface area contributed by atoms with E-state index in [1.54, 1.807) is 0 Å². The Morgan fingerprint density at radius 1 is 0.284 bits per heavy atom. The maximum atomic E-state index is 12.9. The van der Waals surface area contributed by atoms with Gasteiger partial charge in [-0.3, -0.25) is 14.4 Å². The van der Waals surface area contributed by atoms with E-state index in [2.05, 4.69) is 106 Å². The summed E-state index contributed by atoms with van der Waals surface area (Å²) < 4.78 is 16.9. The lowest BCUT2D eigenvalue weighted by Gasteiger charge is -2.18. The number of ether oxygens (including phenoxy) is 3. The summed E-state index contributed by atoms with van der Waals surface area (Å²) in [6.07, 6.45) is 81.5. The van der Waals surface area contributed by atoms with Gasteiger partial charge in [0.25, 0.3) is 0 Å². The molecule has 0 heterocycles. The Morgan fingerprint density at radius 2 is 0.527 bits per heavy atom. The number of hydrogen-bond donors (Lipinski definition) is 0. The number of unbranched alkanes of at least 4 members (excludes halogenated alkanes) is 32. The number of hydrogen-bond acceptors (Lipinski definition) is 6. The molecular weight excluding hydrogens is 913 g/mol. The van der Waals surface area contributed by atoms with Crippen molar-refractivity contribution in [2.75, 3.05) is 13.2 Å². The molecule has 0 radical (unpaired) electrons. The van der Waals surface area contributed by atoms with Gasteiger partial charge in [-0.25, -0.2) is 0 Å². The van der Waals surface area contributed by atoms with Crippen LogP contribution in [-0.2, 0) is 28.6 Å². The molecule has 426 valence electrons. The fraction of sp³-hybridized carbons (Fsp3) is 0.750. The molecule has 6 nitrogen and oxygen atoms in total. The van der Waals surface area contributed by atoms with E-state index in [0.717, 1.165) is 109 Å². The highest BCUT2D eigenvalue weighted by atomic mass is 16.6. The fourth-order valence-corrected chi connectivity index (χ4v) is 8.91. The van der Waals surface area contributed by atoms with Gasteiger partial charge in [0.2, 0.25) is 0 Å². The van der Waals surface area contributed by atoms with E-state index in [-0.39, 0.29) is 31.1 Å². The van der Waals surface area contributed by atoms with Gasteiger partial charge in [-0.2, -0.15) is 0 Å². The topological polar surface area (TPSA) is 78.9 Å². The SMILES string of the molecule is CC/C=C\C/C=C\C/C=C\C/C=C\C/C=C\C/C=C\CCCCCCCCCCC(=O)OCC(COC(=O)CCCCCCC/C=C\CCCCCCC)OC(=O)CCCCCCCCCCCCCCCCC. The highest BCUT2D eigenvalue weighted by molar-refractivity contribution is 5.71.